The van der Waals surface area contributed by atoms with E-state index in [2.05, 4.69) is 4.98 Å². The lowest BCUT2D eigenvalue weighted by atomic mass is 10.1. The molecule has 0 aliphatic rings. The summed E-state index contributed by atoms with van der Waals surface area (Å²) >= 11 is 0. The molecule has 0 saturated carbocycles. The average molecular weight is 269 g/mol. The van der Waals surface area contributed by atoms with Crippen LogP contribution in [0.1, 0.15) is 28.8 Å². The van der Waals surface area contributed by atoms with E-state index in [4.69, 9.17) is 9.15 Å². The van der Waals surface area contributed by atoms with Gasteiger partial charge in [-0.05, 0) is 44.2 Å². The van der Waals surface area contributed by atoms with E-state index < -0.39 is 0 Å². The van der Waals surface area contributed by atoms with Crippen molar-refractivity contribution in [1.82, 2.24) is 4.98 Å². The van der Waals surface area contributed by atoms with Gasteiger partial charge in [0.15, 0.2) is 5.76 Å². The molecule has 0 spiro atoms. The number of furan rings is 1. The topological polar surface area (TPSA) is 55.2 Å². The normalized spacial score (nSPS) is 10.9. The number of fused-ring (bicyclic) bond motifs is 1. The first kappa shape index (κ1) is 12.5. The first-order valence-electron chi connectivity index (χ1n) is 6.54. The fraction of sp³-hybridized carbons (Fsp3) is 0.188. The zero-order valence-corrected chi connectivity index (χ0v) is 11.4. The third kappa shape index (κ3) is 2.09. The Balaban J connectivity index is 2.06. The van der Waals surface area contributed by atoms with Crippen molar-refractivity contribution in [2.75, 3.05) is 6.61 Å². The molecule has 0 saturated heterocycles. The number of aryl methyl sites for hydroxylation is 1. The fourth-order valence-corrected chi connectivity index (χ4v) is 2.23. The molecule has 3 rings (SSSR count). The highest BCUT2D eigenvalue weighted by Crippen LogP contribution is 2.26. The van der Waals surface area contributed by atoms with Crippen molar-refractivity contribution in [2.24, 2.45) is 0 Å². The van der Waals surface area contributed by atoms with Gasteiger partial charge in [0.05, 0.1) is 12.2 Å². The molecule has 4 heteroatoms. The Morgan fingerprint density at radius 1 is 1.30 bits per heavy atom. The summed E-state index contributed by atoms with van der Waals surface area (Å²) < 4.78 is 10.9. The van der Waals surface area contributed by atoms with Gasteiger partial charge in [0.2, 0.25) is 5.78 Å². The molecule has 3 aromatic rings. The number of rotatable bonds is 4. The van der Waals surface area contributed by atoms with E-state index in [-0.39, 0.29) is 5.78 Å². The molecule has 0 atom stereocenters. The Morgan fingerprint density at radius 2 is 2.15 bits per heavy atom. The highest BCUT2D eigenvalue weighted by atomic mass is 16.5. The minimum Gasteiger partial charge on any atom is -0.494 e. The van der Waals surface area contributed by atoms with Gasteiger partial charge in [-0.25, -0.2) is 0 Å². The average Bonchev–Trinajstić information content (AvgIpc) is 3.04. The number of aromatic nitrogens is 1. The minimum atomic E-state index is -0.127. The van der Waals surface area contributed by atoms with Crippen LogP contribution >= 0.6 is 0 Å². The van der Waals surface area contributed by atoms with E-state index >= 15 is 0 Å². The van der Waals surface area contributed by atoms with Gasteiger partial charge in [-0.1, -0.05) is 0 Å². The Labute approximate surface area is 116 Å². The molecule has 20 heavy (non-hydrogen) atoms. The lowest BCUT2D eigenvalue weighted by Gasteiger charge is -2.03. The molecule has 4 nitrogen and oxygen atoms in total. The molecule has 0 radical (unpaired) electrons. The zero-order chi connectivity index (χ0) is 14.1. The van der Waals surface area contributed by atoms with Crippen LogP contribution in [0.3, 0.4) is 0 Å². The fourth-order valence-electron chi connectivity index (χ4n) is 2.23. The maximum absolute atomic E-state index is 12.4. The maximum atomic E-state index is 12.4. The number of hydrogen-bond acceptors (Lipinski definition) is 3. The van der Waals surface area contributed by atoms with E-state index in [1.807, 2.05) is 32.0 Å². The van der Waals surface area contributed by atoms with Crippen LogP contribution in [0.5, 0.6) is 5.75 Å². The van der Waals surface area contributed by atoms with E-state index in [1.165, 1.54) is 0 Å². The van der Waals surface area contributed by atoms with Gasteiger partial charge < -0.3 is 14.1 Å². The standard InChI is InChI=1S/C16H15NO3/c1-3-19-11-5-6-14-12(8-11)13(9-17-14)16(18)15-7-4-10(2)20-15/h4-9,17H,3H2,1-2H3. The lowest BCUT2D eigenvalue weighted by molar-refractivity contribution is 0.101. The van der Waals surface area contributed by atoms with Gasteiger partial charge in [-0.15, -0.1) is 0 Å². The van der Waals surface area contributed by atoms with Crippen LogP contribution in [0, 0.1) is 6.92 Å². The SMILES string of the molecule is CCOc1ccc2[nH]cc(C(=O)c3ccc(C)o3)c2c1. The first-order chi connectivity index (χ1) is 9.69. The predicted octanol–water partition coefficient (Wildman–Crippen LogP) is 3.70. The number of H-pyrrole nitrogens is 1. The summed E-state index contributed by atoms with van der Waals surface area (Å²) in [6, 6.07) is 9.15. The molecule has 0 bridgehead atoms. The summed E-state index contributed by atoms with van der Waals surface area (Å²) in [5.74, 6) is 1.70. The van der Waals surface area contributed by atoms with Crippen LogP contribution in [-0.2, 0) is 0 Å². The van der Waals surface area contributed by atoms with Crippen molar-refractivity contribution in [2.45, 2.75) is 13.8 Å². The third-order valence-corrected chi connectivity index (χ3v) is 3.17. The Kier molecular flexibility index (Phi) is 3.06. The maximum Gasteiger partial charge on any atom is 0.230 e. The van der Waals surface area contributed by atoms with Crippen LogP contribution in [0.2, 0.25) is 0 Å². The van der Waals surface area contributed by atoms with Crippen molar-refractivity contribution in [1.29, 1.82) is 0 Å². The van der Waals surface area contributed by atoms with Crippen molar-refractivity contribution in [3.8, 4) is 5.75 Å². The highest BCUT2D eigenvalue weighted by molar-refractivity contribution is 6.15. The number of benzene rings is 1. The Hall–Kier alpha value is -2.49. The highest BCUT2D eigenvalue weighted by Gasteiger charge is 2.17. The van der Waals surface area contributed by atoms with Crippen molar-refractivity contribution < 1.29 is 13.9 Å². The molecule has 0 aliphatic heterocycles. The van der Waals surface area contributed by atoms with Gasteiger partial charge in [-0.2, -0.15) is 0 Å². The third-order valence-electron chi connectivity index (χ3n) is 3.17. The molecule has 1 aromatic carbocycles. The number of aromatic amines is 1. The van der Waals surface area contributed by atoms with Gasteiger partial charge in [0.1, 0.15) is 11.5 Å². The summed E-state index contributed by atoms with van der Waals surface area (Å²) in [7, 11) is 0. The first-order valence-corrected chi connectivity index (χ1v) is 6.54. The largest absolute Gasteiger partial charge is 0.494 e. The van der Waals surface area contributed by atoms with Gasteiger partial charge >= 0.3 is 0 Å². The molecule has 0 amide bonds. The molecule has 1 N–H and O–H groups in total. The summed E-state index contributed by atoms with van der Waals surface area (Å²) in [5, 5.41) is 0.843. The van der Waals surface area contributed by atoms with E-state index in [0.29, 0.717) is 17.9 Å². The van der Waals surface area contributed by atoms with Crippen LogP contribution in [0.25, 0.3) is 10.9 Å². The van der Waals surface area contributed by atoms with E-state index in [9.17, 15) is 4.79 Å². The van der Waals surface area contributed by atoms with Crippen LogP contribution < -0.4 is 4.74 Å². The quantitative estimate of drug-likeness (QED) is 0.735. The Bertz CT molecular complexity index is 767. The van der Waals surface area contributed by atoms with Gasteiger partial charge in [0, 0.05) is 17.1 Å². The summed E-state index contributed by atoms with van der Waals surface area (Å²) in [4.78, 5) is 15.5. The minimum absolute atomic E-state index is 0.127. The van der Waals surface area contributed by atoms with Gasteiger partial charge in [0.25, 0.3) is 0 Å². The Morgan fingerprint density at radius 3 is 2.85 bits per heavy atom. The predicted molar refractivity (Wildman–Crippen MR) is 76.3 cm³/mol. The second kappa shape index (κ2) is 4.89. The zero-order valence-electron chi connectivity index (χ0n) is 11.4. The number of carbonyl (C=O) groups is 1. The van der Waals surface area contributed by atoms with Crippen LogP contribution in [0.4, 0.5) is 0 Å². The number of carbonyl (C=O) groups excluding carboxylic acids is 1. The second-order valence-electron chi connectivity index (χ2n) is 4.58. The van der Waals surface area contributed by atoms with Crippen LogP contribution in [0.15, 0.2) is 40.9 Å². The summed E-state index contributed by atoms with van der Waals surface area (Å²) in [6.45, 7) is 4.34. The number of ketones is 1. The van der Waals surface area contributed by atoms with Crippen LogP contribution in [-0.4, -0.2) is 17.4 Å². The van der Waals surface area contributed by atoms with E-state index in [0.717, 1.165) is 22.4 Å². The summed E-state index contributed by atoms with van der Waals surface area (Å²) in [5.41, 5.74) is 1.50. The van der Waals surface area contributed by atoms with Crippen molar-refractivity contribution in [3.63, 3.8) is 0 Å². The molecule has 2 aromatic heterocycles. The second-order valence-corrected chi connectivity index (χ2v) is 4.58. The number of nitrogens with one attached hydrogen (secondary N) is 1. The molecule has 0 aliphatic carbocycles. The van der Waals surface area contributed by atoms with Crippen molar-refractivity contribution in [3.05, 3.63) is 53.6 Å². The van der Waals surface area contributed by atoms with Crippen molar-refractivity contribution >= 4 is 16.7 Å². The lowest BCUT2D eigenvalue weighted by Crippen LogP contribution is -1.98. The van der Waals surface area contributed by atoms with E-state index in [1.54, 1.807) is 18.3 Å². The molecule has 102 valence electrons. The molecular weight excluding hydrogens is 254 g/mol. The monoisotopic (exact) mass is 269 g/mol. The number of hydrogen-bond donors (Lipinski definition) is 1. The molecule has 0 fully saturated rings. The smallest absolute Gasteiger partial charge is 0.230 e. The summed E-state index contributed by atoms with van der Waals surface area (Å²) in [6.07, 6.45) is 1.71. The van der Waals surface area contributed by atoms with Gasteiger partial charge in [-0.3, -0.25) is 4.79 Å². The molecule has 0 unspecified atom stereocenters. The molecule has 2 heterocycles. The molecular formula is C16H15NO3. The number of ether oxygens (including phenoxy) is 1.